The molecule has 3 nitrogen and oxygen atoms in total. The molecule has 3 aromatic carbocycles. The summed E-state index contributed by atoms with van der Waals surface area (Å²) in [5, 5.41) is 11.7. The molecule has 194 valence electrons. The molecule has 0 unspecified atom stereocenters. The topological polar surface area (TPSA) is 41.5 Å². The lowest BCUT2D eigenvalue weighted by molar-refractivity contribution is -0.198. The van der Waals surface area contributed by atoms with E-state index in [1.54, 1.807) is 0 Å². The highest BCUT2D eigenvalue weighted by atomic mass is 19.4. The summed E-state index contributed by atoms with van der Waals surface area (Å²) in [7, 11) is 0. The van der Waals surface area contributed by atoms with Gasteiger partial charge in [-0.2, -0.15) is 26.3 Å². The van der Waals surface area contributed by atoms with Crippen LogP contribution in [0.15, 0.2) is 54.6 Å². The van der Waals surface area contributed by atoms with Gasteiger partial charge >= 0.3 is 12.4 Å². The van der Waals surface area contributed by atoms with Gasteiger partial charge in [-0.15, -0.1) is 0 Å². The average molecular weight is 523 g/mol. The Hall–Kier alpha value is -3.41. The first kappa shape index (κ1) is 27.2. The van der Waals surface area contributed by atoms with E-state index in [9.17, 15) is 44.6 Å². The smallest absolute Gasteiger partial charge is 0.419 e. The van der Waals surface area contributed by atoms with E-state index in [0.717, 1.165) is 18.2 Å². The SMILES string of the molecule is O[C@H](CNc1cccc(OCc2cc(F)cc(F)c2)c1Cc1ccc(C(F)(F)F)c(F)c1)C(F)(F)F. The van der Waals surface area contributed by atoms with Gasteiger partial charge in [0.2, 0.25) is 0 Å². The molecule has 0 aliphatic carbocycles. The van der Waals surface area contributed by atoms with Crippen molar-refractivity contribution in [2.45, 2.75) is 31.5 Å². The van der Waals surface area contributed by atoms with Gasteiger partial charge in [-0.1, -0.05) is 12.1 Å². The molecule has 0 spiro atoms. The third-order valence-electron chi connectivity index (χ3n) is 5.03. The number of halogens is 9. The van der Waals surface area contributed by atoms with E-state index < -0.39 is 48.0 Å². The van der Waals surface area contributed by atoms with Crippen LogP contribution >= 0.6 is 0 Å². The van der Waals surface area contributed by atoms with E-state index in [2.05, 4.69) is 5.32 Å². The van der Waals surface area contributed by atoms with Crippen molar-refractivity contribution in [2.24, 2.45) is 0 Å². The summed E-state index contributed by atoms with van der Waals surface area (Å²) >= 11 is 0. The van der Waals surface area contributed by atoms with Gasteiger partial charge in [-0.05, 0) is 47.5 Å². The van der Waals surface area contributed by atoms with Gasteiger partial charge in [-0.3, -0.25) is 0 Å². The van der Waals surface area contributed by atoms with Crippen molar-refractivity contribution in [2.75, 3.05) is 11.9 Å². The predicted molar refractivity (Wildman–Crippen MR) is 112 cm³/mol. The number of ether oxygens (including phenoxy) is 1. The first-order valence-electron chi connectivity index (χ1n) is 10.3. The number of alkyl halides is 6. The van der Waals surface area contributed by atoms with Crippen LogP contribution in [0.25, 0.3) is 0 Å². The molecule has 3 aromatic rings. The molecule has 0 aromatic heterocycles. The number of nitrogens with one attached hydrogen (secondary N) is 1. The number of aliphatic hydroxyl groups is 1. The number of benzene rings is 3. The summed E-state index contributed by atoms with van der Waals surface area (Å²) in [6.07, 6.45) is -12.9. The molecule has 0 saturated heterocycles. The van der Waals surface area contributed by atoms with Crippen molar-refractivity contribution in [1.29, 1.82) is 0 Å². The first-order chi connectivity index (χ1) is 16.7. The molecule has 0 amide bonds. The zero-order chi connectivity index (χ0) is 26.7. The molecule has 0 radical (unpaired) electrons. The fraction of sp³-hybridized carbons (Fsp3) is 0.250. The summed E-state index contributed by atoms with van der Waals surface area (Å²) in [5.41, 5.74) is -1.24. The standard InChI is InChI=1S/C24H18F9NO2/c25-15-6-14(7-16(26)10-15)12-36-21-3-1-2-20(34-11-22(35)24(31,32)33)17(21)8-13-4-5-18(19(27)9-13)23(28,29)30/h1-7,9-10,22,34-35H,8,11-12H2/t22-/m1/s1. The molecule has 1 atom stereocenters. The monoisotopic (exact) mass is 523 g/mol. The van der Waals surface area contributed by atoms with Crippen molar-refractivity contribution in [3.8, 4) is 5.75 Å². The van der Waals surface area contributed by atoms with E-state index in [-0.39, 0.29) is 41.2 Å². The van der Waals surface area contributed by atoms with Crippen molar-refractivity contribution < 1.29 is 49.4 Å². The molecular formula is C24H18F9NO2. The van der Waals surface area contributed by atoms with Crippen LogP contribution < -0.4 is 10.1 Å². The van der Waals surface area contributed by atoms with Crippen LogP contribution in [0.1, 0.15) is 22.3 Å². The Labute approximate surface area is 199 Å². The molecule has 0 bridgehead atoms. The van der Waals surface area contributed by atoms with Gasteiger partial charge in [0.15, 0.2) is 6.10 Å². The van der Waals surface area contributed by atoms with Crippen LogP contribution in [0.2, 0.25) is 0 Å². The number of aliphatic hydroxyl groups excluding tert-OH is 1. The van der Waals surface area contributed by atoms with E-state index in [4.69, 9.17) is 4.74 Å². The van der Waals surface area contributed by atoms with Gasteiger partial charge in [0, 0.05) is 30.3 Å². The minimum absolute atomic E-state index is 0.00599. The van der Waals surface area contributed by atoms with E-state index in [0.29, 0.717) is 18.2 Å². The van der Waals surface area contributed by atoms with Crippen LogP contribution in [0.5, 0.6) is 5.75 Å². The number of anilines is 1. The summed E-state index contributed by atoms with van der Waals surface area (Å²) in [6, 6.07) is 8.88. The van der Waals surface area contributed by atoms with E-state index in [1.165, 1.54) is 18.2 Å². The summed E-state index contributed by atoms with van der Waals surface area (Å²) in [6.45, 7) is -1.33. The van der Waals surface area contributed by atoms with Crippen molar-refractivity contribution in [1.82, 2.24) is 0 Å². The lowest BCUT2D eigenvalue weighted by atomic mass is 10.00. The molecule has 12 heteroatoms. The van der Waals surface area contributed by atoms with E-state index in [1.807, 2.05) is 0 Å². The third kappa shape index (κ3) is 7.06. The van der Waals surface area contributed by atoms with Gasteiger partial charge in [0.05, 0.1) is 5.56 Å². The molecular weight excluding hydrogens is 505 g/mol. The Kier molecular flexibility index (Phi) is 8.07. The lowest BCUT2D eigenvalue weighted by Crippen LogP contribution is -2.35. The summed E-state index contributed by atoms with van der Waals surface area (Å²) in [4.78, 5) is 0. The number of hydrogen-bond donors (Lipinski definition) is 2. The fourth-order valence-corrected chi connectivity index (χ4v) is 3.33. The zero-order valence-electron chi connectivity index (χ0n) is 18.2. The Morgan fingerprint density at radius 3 is 2.08 bits per heavy atom. The maximum Gasteiger partial charge on any atom is 0.419 e. The average Bonchev–Trinajstić information content (AvgIpc) is 2.75. The second-order valence-electron chi connectivity index (χ2n) is 7.78. The Morgan fingerprint density at radius 1 is 0.833 bits per heavy atom. The Morgan fingerprint density at radius 2 is 1.50 bits per heavy atom. The second-order valence-corrected chi connectivity index (χ2v) is 7.78. The number of hydrogen-bond acceptors (Lipinski definition) is 3. The maximum absolute atomic E-state index is 14.1. The highest BCUT2D eigenvalue weighted by molar-refractivity contribution is 5.59. The second kappa shape index (κ2) is 10.7. The maximum atomic E-state index is 14.1. The summed E-state index contributed by atoms with van der Waals surface area (Å²) < 4.78 is 123. The molecule has 0 saturated carbocycles. The first-order valence-corrected chi connectivity index (χ1v) is 10.3. The van der Waals surface area contributed by atoms with Crippen LogP contribution in [0.4, 0.5) is 45.2 Å². The van der Waals surface area contributed by atoms with Gasteiger partial charge in [0.1, 0.15) is 29.8 Å². The van der Waals surface area contributed by atoms with E-state index >= 15 is 0 Å². The van der Waals surface area contributed by atoms with Gasteiger partial charge < -0.3 is 15.2 Å². The van der Waals surface area contributed by atoms with Gasteiger partial charge in [-0.25, -0.2) is 13.2 Å². The molecule has 0 heterocycles. The minimum Gasteiger partial charge on any atom is -0.489 e. The molecule has 0 fully saturated rings. The number of rotatable bonds is 8. The Balaban J connectivity index is 1.93. The predicted octanol–water partition coefficient (Wildman–Crippen LogP) is 6.63. The van der Waals surface area contributed by atoms with Crippen LogP contribution in [0.3, 0.4) is 0 Å². The van der Waals surface area contributed by atoms with Crippen molar-refractivity contribution in [3.63, 3.8) is 0 Å². The Bertz CT molecular complexity index is 1190. The molecule has 0 aliphatic rings. The highest BCUT2D eigenvalue weighted by Gasteiger charge is 2.38. The molecule has 36 heavy (non-hydrogen) atoms. The quantitative estimate of drug-likeness (QED) is 0.326. The van der Waals surface area contributed by atoms with Crippen LogP contribution in [0, 0.1) is 17.5 Å². The van der Waals surface area contributed by atoms with Crippen molar-refractivity contribution in [3.05, 3.63) is 94.3 Å². The zero-order valence-corrected chi connectivity index (χ0v) is 18.2. The van der Waals surface area contributed by atoms with Crippen LogP contribution in [-0.2, 0) is 19.2 Å². The largest absolute Gasteiger partial charge is 0.489 e. The van der Waals surface area contributed by atoms with Crippen LogP contribution in [-0.4, -0.2) is 23.9 Å². The lowest BCUT2D eigenvalue weighted by Gasteiger charge is -2.20. The minimum atomic E-state index is -4.93. The van der Waals surface area contributed by atoms with Gasteiger partial charge in [0.25, 0.3) is 0 Å². The third-order valence-corrected chi connectivity index (χ3v) is 5.03. The summed E-state index contributed by atoms with van der Waals surface area (Å²) in [5.74, 6) is -3.28. The highest BCUT2D eigenvalue weighted by Crippen LogP contribution is 2.34. The van der Waals surface area contributed by atoms with Crippen molar-refractivity contribution >= 4 is 5.69 Å². The molecule has 2 N–H and O–H groups in total. The fourth-order valence-electron chi connectivity index (χ4n) is 3.33. The molecule has 3 rings (SSSR count). The normalized spacial score (nSPS) is 12.9. The molecule has 0 aliphatic heterocycles.